The standard InChI is InChI=1S/C22H34O/c1-2-3-4-5-6-7-8-9-10-11-12-13-14-15-16-17-18-19-20-21-22-23/h6-7,9-10,12-13,15-16,18-19,22H,2-5,8,11,14,17,20-21H2,1H3/b7-6-,10-9-,13-12-,16-15-,19-18-. The van der Waals surface area contributed by atoms with E-state index < -0.39 is 0 Å². The first-order valence-electron chi connectivity index (χ1n) is 9.10. The van der Waals surface area contributed by atoms with Crippen LogP contribution in [0.2, 0.25) is 0 Å². The largest absolute Gasteiger partial charge is 0.303 e. The van der Waals surface area contributed by atoms with E-state index in [9.17, 15) is 4.79 Å². The number of unbranched alkanes of at least 4 members (excludes halogenated alkanes) is 4. The second-order valence-corrected chi connectivity index (χ2v) is 5.54. The lowest BCUT2D eigenvalue weighted by Crippen LogP contribution is -1.70. The summed E-state index contributed by atoms with van der Waals surface area (Å²) in [5.41, 5.74) is 0. The van der Waals surface area contributed by atoms with Crippen molar-refractivity contribution in [3.8, 4) is 0 Å². The van der Waals surface area contributed by atoms with Gasteiger partial charge in [-0.3, -0.25) is 0 Å². The van der Waals surface area contributed by atoms with Gasteiger partial charge in [-0.15, -0.1) is 0 Å². The summed E-state index contributed by atoms with van der Waals surface area (Å²) in [6.45, 7) is 2.24. The molecule has 128 valence electrons. The maximum absolute atomic E-state index is 10.1. The summed E-state index contributed by atoms with van der Waals surface area (Å²) in [7, 11) is 0. The lowest BCUT2D eigenvalue weighted by atomic mass is 10.2. The molecule has 23 heavy (non-hydrogen) atoms. The lowest BCUT2D eigenvalue weighted by Gasteiger charge is -1.90. The average Bonchev–Trinajstić information content (AvgIpc) is 2.57. The fourth-order valence-corrected chi connectivity index (χ4v) is 2.00. The van der Waals surface area contributed by atoms with Crippen LogP contribution < -0.4 is 0 Å². The van der Waals surface area contributed by atoms with Crippen LogP contribution in [0, 0.1) is 0 Å². The van der Waals surface area contributed by atoms with Crippen molar-refractivity contribution >= 4 is 6.29 Å². The Morgan fingerprint density at radius 2 is 0.957 bits per heavy atom. The minimum atomic E-state index is 0.630. The zero-order valence-corrected chi connectivity index (χ0v) is 14.8. The van der Waals surface area contributed by atoms with Crippen molar-refractivity contribution in [2.75, 3.05) is 0 Å². The van der Waals surface area contributed by atoms with Gasteiger partial charge in [0.25, 0.3) is 0 Å². The summed E-state index contributed by atoms with van der Waals surface area (Å²) in [5.74, 6) is 0. The molecule has 1 heteroatoms. The van der Waals surface area contributed by atoms with E-state index in [1.54, 1.807) is 0 Å². The van der Waals surface area contributed by atoms with Crippen LogP contribution in [0.3, 0.4) is 0 Å². The van der Waals surface area contributed by atoms with Crippen LogP contribution >= 0.6 is 0 Å². The molecule has 0 unspecified atom stereocenters. The van der Waals surface area contributed by atoms with E-state index >= 15 is 0 Å². The van der Waals surface area contributed by atoms with Gasteiger partial charge in [0.2, 0.25) is 0 Å². The second kappa shape index (κ2) is 20.4. The molecule has 0 bridgehead atoms. The third-order valence-corrected chi connectivity index (χ3v) is 3.35. The Morgan fingerprint density at radius 1 is 0.522 bits per heavy atom. The highest BCUT2D eigenvalue weighted by molar-refractivity contribution is 5.49. The smallest absolute Gasteiger partial charge is 0.120 e. The summed E-state index contributed by atoms with van der Waals surface area (Å²) in [6, 6.07) is 0. The number of carbonyl (C=O) groups excluding carboxylic acids is 1. The van der Waals surface area contributed by atoms with Crippen molar-refractivity contribution in [3.63, 3.8) is 0 Å². The number of hydrogen-bond acceptors (Lipinski definition) is 1. The Labute approximate surface area is 143 Å². The van der Waals surface area contributed by atoms with E-state index in [1.807, 2.05) is 0 Å². The van der Waals surface area contributed by atoms with Gasteiger partial charge in [-0.05, 0) is 44.9 Å². The van der Waals surface area contributed by atoms with Gasteiger partial charge in [-0.25, -0.2) is 0 Å². The molecule has 0 saturated carbocycles. The molecule has 0 saturated heterocycles. The Bertz CT molecular complexity index is 383. The van der Waals surface area contributed by atoms with Crippen molar-refractivity contribution < 1.29 is 4.79 Å². The molecule has 0 aromatic heterocycles. The SMILES string of the molecule is CCCCC/C=C\C/C=C\C/C=C\C/C=C\C/C=C\CCC=O. The molecule has 0 amide bonds. The first kappa shape index (κ1) is 21.4. The summed E-state index contributed by atoms with van der Waals surface area (Å²) < 4.78 is 0. The fourth-order valence-electron chi connectivity index (χ4n) is 2.00. The molecule has 0 aliphatic carbocycles. The summed E-state index contributed by atoms with van der Waals surface area (Å²) >= 11 is 0. The van der Waals surface area contributed by atoms with Crippen LogP contribution in [0.5, 0.6) is 0 Å². The number of allylic oxidation sites excluding steroid dienone is 10. The number of carbonyl (C=O) groups is 1. The highest BCUT2D eigenvalue weighted by atomic mass is 16.1. The van der Waals surface area contributed by atoms with Gasteiger partial charge in [0.1, 0.15) is 6.29 Å². The molecular weight excluding hydrogens is 280 g/mol. The summed E-state index contributed by atoms with van der Waals surface area (Å²) in [4.78, 5) is 10.1. The van der Waals surface area contributed by atoms with Crippen LogP contribution in [-0.2, 0) is 4.79 Å². The van der Waals surface area contributed by atoms with Gasteiger partial charge in [-0.1, -0.05) is 80.5 Å². The number of hydrogen-bond donors (Lipinski definition) is 0. The molecule has 0 rings (SSSR count). The minimum Gasteiger partial charge on any atom is -0.303 e. The third-order valence-electron chi connectivity index (χ3n) is 3.35. The summed E-state index contributed by atoms with van der Waals surface area (Å²) in [5, 5.41) is 0. The molecule has 0 spiro atoms. The van der Waals surface area contributed by atoms with Crippen LogP contribution in [0.25, 0.3) is 0 Å². The van der Waals surface area contributed by atoms with Crippen molar-refractivity contribution in [2.45, 2.75) is 71.1 Å². The maximum atomic E-state index is 10.1. The number of rotatable bonds is 15. The van der Waals surface area contributed by atoms with Gasteiger partial charge in [0.05, 0.1) is 0 Å². The monoisotopic (exact) mass is 314 g/mol. The van der Waals surface area contributed by atoms with Gasteiger partial charge in [-0.2, -0.15) is 0 Å². The molecule has 0 aliphatic rings. The average molecular weight is 315 g/mol. The lowest BCUT2D eigenvalue weighted by molar-refractivity contribution is -0.107. The van der Waals surface area contributed by atoms with Crippen molar-refractivity contribution in [1.82, 2.24) is 0 Å². The fraction of sp³-hybridized carbons (Fsp3) is 0.500. The highest BCUT2D eigenvalue weighted by Gasteiger charge is 1.81. The predicted molar refractivity (Wildman–Crippen MR) is 104 cm³/mol. The molecule has 0 aliphatic heterocycles. The van der Waals surface area contributed by atoms with E-state index in [2.05, 4.69) is 67.7 Å². The second-order valence-electron chi connectivity index (χ2n) is 5.54. The molecule has 0 N–H and O–H groups in total. The van der Waals surface area contributed by atoms with E-state index in [1.165, 1.54) is 25.7 Å². The predicted octanol–water partition coefficient (Wildman–Crippen LogP) is 6.89. The zero-order valence-electron chi connectivity index (χ0n) is 14.8. The first-order valence-corrected chi connectivity index (χ1v) is 9.10. The molecule has 0 atom stereocenters. The summed E-state index contributed by atoms with van der Waals surface area (Å²) in [6.07, 6.45) is 33.6. The first-order chi connectivity index (χ1) is 11.4. The van der Waals surface area contributed by atoms with E-state index in [4.69, 9.17) is 0 Å². The maximum Gasteiger partial charge on any atom is 0.120 e. The van der Waals surface area contributed by atoms with Crippen LogP contribution in [0.15, 0.2) is 60.8 Å². The molecule has 0 radical (unpaired) electrons. The van der Waals surface area contributed by atoms with Crippen LogP contribution in [0.1, 0.15) is 71.1 Å². The normalized spacial score (nSPS) is 12.7. The molecular formula is C22H34O. The third kappa shape index (κ3) is 20.4. The Morgan fingerprint density at radius 3 is 1.39 bits per heavy atom. The van der Waals surface area contributed by atoms with Crippen molar-refractivity contribution in [2.24, 2.45) is 0 Å². The van der Waals surface area contributed by atoms with Gasteiger partial charge >= 0.3 is 0 Å². The Balaban J connectivity index is 3.44. The van der Waals surface area contributed by atoms with Crippen molar-refractivity contribution in [3.05, 3.63) is 60.8 Å². The Kier molecular flexibility index (Phi) is 18.9. The van der Waals surface area contributed by atoms with E-state index in [0.29, 0.717) is 6.42 Å². The van der Waals surface area contributed by atoms with Gasteiger partial charge < -0.3 is 4.79 Å². The van der Waals surface area contributed by atoms with Crippen LogP contribution in [-0.4, -0.2) is 6.29 Å². The van der Waals surface area contributed by atoms with Gasteiger partial charge in [0, 0.05) is 6.42 Å². The van der Waals surface area contributed by atoms with Crippen molar-refractivity contribution in [1.29, 1.82) is 0 Å². The zero-order chi connectivity index (χ0) is 16.8. The van der Waals surface area contributed by atoms with Gasteiger partial charge in [0.15, 0.2) is 0 Å². The topological polar surface area (TPSA) is 17.1 Å². The van der Waals surface area contributed by atoms with Crippen LogP contribution in [0.4, 0.5) is 0 Å². The quantitative estimate of drug-likeness (QED) is 0.183. The molecule has 0 heterocycles. The molecule has 0 aromatic carbocycles. The minimum absolute atomic E-state index is 0.630. The van der Waals surface area contributed by atoms with E-state index in [0.717, 1.165) is 38.4 Å². The molecule has 0 aromatic rings. The van der Waals surface area contributed by atoms with E-state index in [-0.39, 0.29) is 0 Å². The number of aldehydes is 1. The molecule has 1 nitrogen and oxygen atoms in total. The highest BCUT2D eigenvalue weighted by Crippen LogP contribution is 2.01. The molecule has 0 fully saturated rings. The Hall–Kier alpha value is -1.63.